The Hall–Kier alpha value is -0.430. The molecule has 1 aromatic rings. The van der Waals surface area contributed by atoms with Crippen LogP contribution in [0.4, 0.5) is 5.95 Å². The zero-order valence-corrected chi connectivity index (χ0v) is 10.8. The van der Waals surface area contributed by atoms with Crippen LogP contribution in [-0.4, -0.2) is 29.2 Å². The molecule has 0 amide bonds. The molecule has 0 N–H and O–H groups in total. The fourth-order valence-electron chi connectivity index (χ4n) is 1.74. The van der Waals surface area contributed by atoms with E-state index in [4.69, 9.17) is 3.07 Å². The summed E-state index contributed by atoms with van der Waals surface area (Å²) in [4.78, 5) is 10.8. The summed E-state index contributed by atoms with van der Waals surface area (Å²) in [6, 6.07) is 0. The van der Waals surface area contributed by atoms with E-state index in [1.54, 1.807) is 0 Å². The standard InChI is InChI=1S/C10H14IN3O/c1-8-5-12-10(13-6-8)14-4-2-3-9(7-14)15-11/h5-6,9H,2-4,7H2,1H3. The number of aromatic nitrogens is 2. The Morgan fingerprint density at radius 1 is 1.47 bits per heavy atom. The molecule has 15 heavy (non-hydrogen) atoms. The van der Waals surface area contributed by atoms with Crippen molar-refractivity contribution in [1.29, 1.82) is 0 Å². The molecule has 1 aliphatic heterocycles. The Kier molecular flexibility index (Phi) is 3.74. The van der Waals surface area contributed by atoms with Gasteiger partial charge in [0.2, 0.25) is 5.95 Å². The van der Waals surface area contributed by atoms with Crippen LogP contribution in [-0.2, 0) is 3.07 Å². The van der Waals surface area contributed by atoms with Gasteiger partial charge >= 0.3 is 0 Å². The van der Waals surface area contributed by atoms with Crippen LogP contribution in [0, 0.1) is 6.92 Å². The minimum Gasteiger partial charge on any atom is -0.338 e. The first kappa shape index (κ1) is 11.1. The number of hydrogen-bond donors (Lipinski definition) is 0. The molecule has 1 fully saturated rings. The third-order valence-electron chi connectivity index (χ3n) is 2.55. The molecule has 5 heteroatoms. The summed E-state index contributed by atoms with van der Waals surface area (Å²) in [5.74, 6) is 0.818. The molecule has 0 aliphatic carbocycles. The maximum atomic E-state index is 5.34. The predicted molar refractivity (Wildman–Crippen MR) is 67.1 cm³/mol. The maximum Gasteiger partial charge on any atom is 0.225 e. The van der Waals surface area contributed by atoms with Crippen LogP contribution >= 0.6 is 23.0 Å². The Bertz CT molecular complexity index is 317. The molecule has 82 valence electrons. The highest BCUT2D eigenvalue weighted by molar-refractivity contribution is 14.1. The Morgan fingerprint density at radius 3 is 2.87 bits per heavy atom. The van der Waals surface area contributed by atoms with Gasteiger partial charge in [-0.3, -0.25) is 0 Å². The van der Waals surface area contributed by atoms with E-state index in [0.717, 1.165) is 37.4 Å². The Morgan fingerprint density at radius 2 is 2.20 bits per heavy atom. The van der Waals surface area contributed by atoms with E-state index in [1.165, 1.54) is 0 Å². The molecule has 0 saturated carbocycles. The van der Waals surface area contributed by atoms with Gasteiger partial charge < -0.3 is 7.97 Å². The zero-order valence-electron chi connectivity index (χ0n) is 8.69. The zero-order chi connectivity index (χ0) is 10.7. The molecule has 2 rings (SSSR count). The lowest BCUT2D eigenvalue weighted by atomic mass is 10.1. The van der Waals surface area contributed by atoms with Crippen LogP contribution in [0.2, 0.25) is 0 Å². The van der Waals surface area contributed by atoms with Crippen LogP contribution in [0.25, 0.3) is 0 Å². The van der Waals surface area contributed by atoms with Crippen molar-refractivity contribution in [2.24, 2.45) is 0 Å². The van der Waals surface area contributed by atoms with Gasteiger partial charge in [-0.2, -0.15) is 0 Å². The number of halogens is 1. The molecule has 0 bridgehead atoms. The molecule has 1 saturated heterocycles. The van der Waals surface area contributed by atoms with Crippen molar-refractivity contribution in [3.05, 3.63) is 18.0 Å². The Labute approximate surface area is 104 Å². The normalized spacial score (nSPS) is 21.7. The monoisotopic (exact) mass is 319 g/mol. The first-order valence-corrected chi connectivity index (χ1v) is 5.98. The Balaban J connectivity index is 2.06. The summed E-state index contributed by atoms with van der Waals surface area (Å²) in [5.41, 5.74) is 1.09. The van der Waals surface area contributed by atoms with Crippen molar-refractivity contribution < 1.29 is 3.07 Å². The van der Waals surface area contributed by atoms with Crippen molar-refractivity contribution in [2.45, 2.75) is 25.9 Å². The molecule has 0 aromatic carbocycles. The quantitative estimate of drug-likeness (QED) is 0.783. The van der Waals surface area contributed by atoms with Crippen LogP contribution in [0.5, 0.6) is 0 Å². The fraction of sp³-hybridized carbons (Fsp3) is 0.600. The van der Waals surface area contributed by atoms with E-state index >= 15 is 0 Å². The summed E-state index contributed by atoms with van der Waals surface area (Å²) in [7, 11) is 0. The molecule has 0 spiro atoms. The number of aryl methyl sites for hydroxylation is 1. The van der Waals surface area contributed by atoms with Gasteiger partial charge in [0.1, 0.15) is 23.0 Å². The second kappa shape index (κ2) is 5.07. The van der Waals surface area contributed by atoms with Gasteiger partial charge in [0.15, 0.2) is 0 Å². The first-order valence-electron chi connectivity index (χ1n) is 5.10. The van der Waals surface area contributed by atoms with Gasteiger partial charge in [-0.1, -0.05) is 0 Å². The second-order valence-corrected chi connectivity index (χ2v) is 4.37. The highest BCUT2D eigenvalue weighted by Gasteiger charge is 2.21. The number of nitrogens with zero attached hydrogens (tertiary/aromatic N) is 3. The summed E-state index contributed by atoms with van der Waals surface area (Å²) in [5, 5.41) is 0. The lowest BCUT2D eigenvalue weighted by Crippen LogP contribution is -2.39. The van der Waals surface area contributed by atoms with Gasteiger partial charge in [0.25, 0.3) is 0 Å². The molecular weight excluding hydrogens is 305 g/mol. The third kappa shape index (κ3) is 2.78. The fourth-order valence-corrected chi connectivity index (χ4v) is 2.16. The van der Waals surface area contributed by atoms with Crippen molar-refractivity contribution in [3.8, 4) is 0 Å². The molecule has 1 aliphatic rings. The molecule has 0 radical (unpaired) electrons. The van der Waals surface area contributed by atoms with Crippen LogP contribution in [0.15, 0.2) is 12.4 Å². The largest absolute Gasteiger partial charge is 0.338 e. The smallest absolute Gasteiger partial charge is 0.225 e. The summed E-state index contributed by atoms with van der Waals surface area (Å²) >= 11 is 1.97. The third-order valence-corrected chi connectivity index (χ3v) is 3.27. The summed E-state index contributed by atoms with van der Waals surface area (Å²) in [6.45, 7) is 3.92. The van der Waals surface area contributed by atoms with Crippen LogP contribution in [0.3, 0.4) is 0 Å². The predicted octanol–water partition coefficient (Wildman–Crippen LogP) is 2.12. The first-order chi connectivity index (χ1) is 7.29. The van der Waals surface area contributed by atoms with Crippen molar-refractivity contribution in [3.63, 3.8) is 0 Å². The lowest BCUT2D eigenvalue weighted by molar-refractivity contribution is 0.245. The van der Waals surface area contributed by atoms with Crippen LogP contribution in [0.1, 0.15) is 18.4 Å². The molecule has 4 nitrogen and oxygen atoms in total. The highest BCUT2D eigenvalue weighted by Crippen LogP contribution is 2.18. The minimum atomic E-state index is 0.309. The summed E-state index contributed by atoms with van der Waals surface area (Å²) in [6.07, 6.45) is 6.30. The SMILES string of the molecule is Cc1cnc(N2CCCC(OI)C2)nc1. The van der Waals surface area contributed by atoms with Crippen molar-refractivity contribution in [1.82, 2.24) is 9.97 Å². The van der Waals surface area contributed by atoms with E-state index in [9.17, 15) is 0 Å². The van der Waals surface area contributed by atoms with E-state index in [1.807, 2.05) is 42.3 Å². The van der Waals surface area contributed by atoms with Gasteiger partial charge in [0.05, 0.1) is 6.10 Å². The second-order valence-electron chi connectivity index (χ2n) is 3.86. The van der Waals surface area contributed by atoms with E-state index in [0.29, 0.717) is 6.10 Å². The van der Waals surface area contributed by atoms with E-state index in [-0.39, 0.29) is 0 Å². The van der Waals surface area contributed by atoms with Gasteiger partial charge in [-0.15, -0.1) is 0 Å². The van der Waals surface area contributed by atoms with Crippen molar-refractivity contribution in [2.75, 3.05) is 18.0 Å². The van der Waals surface area contributed by atoms with E-state index in [2.05, 4.69) is 14.9 Å². The number of rotatable bonds is 2. The van der Waals surface area contributed by atoms with Crippen molar-refractivity contribution >= 4 is 29.0 Å². The summed E-state index contributed by atoms with van der Waals surface area (Å²) < 4.78 is 5.34. The highest BCUT2D eigenvalue weighted by atomic mass is 127. The number of anilines is 1. The molecule has 1 unspecified atom stereocenters. The molecule has 2 heterocycles. The lowest BCUT2D eigenvalue weighted by Gasteiger charge is -2.31. The maximum absolute atomic E-state index is 5.34. The number of hydrogen-bond acceptors (Lipinski definition) is 4. The molecular formula is C10H14IN3O. The topological polar surface area (TPSA) is 38.2 Å². The van der Waals surface area contributed by atoms with E-state index < -0.39 is 0 Å². The minimum absolute atomic E-state index is 0.309. The van der Waals surface area contributed by atoms with Crippen LogP contribution < -0.4 is 4.90 Å². The number of piperidine rings is 1. The molecule has 1 aromatic heterocycles. The average Bonchev–Trinajstić information content (AvgIpc) is 2.30. The van der Waals surface area contributed by atoms with Gasteiger partial charge in [-0.25, -0.2) is 9.97 Å². The molecule has 1 atom stereocenters. The van der Waals surface area contributed by atoms with Gasteiger partial charge in [0, 0.05) is 25.5 Å². The van der Waals surface area contributed by atoms with Gasteiger partial charge in [-0.05, 0) is 25.3 Å². The average molecular weight is 319 g/mol.